The lowest BCUT2D eigenvalue weighted by molar-refractivity contribution is 0.0953. The summed E-state index contributed by atoms with van der Waals surface area (Å²) in [4.78, 5) is 28.3. The highest BCUT2D eigenvalue weighted by atomic mass is 35.5. The highest BCUT2D eigenvalue weighted by Gasteiger charge is 2.12. The average molecular weight is 332 g/mol. The number of halogens is 1. The molecule has 0 saturated carbocycles. The number of amides is 2. The first-order chi connectivity index (χ1) is 11.0. The minimum atomic E-state index is -0.374. The Morgan fingerprint density at radius 2 is 1.96 bits per heavy atom. The molecule has 0 atom stereocenters. The molecule has 0 aliphatic rings. The van der Waals surface area contributed by atoms with E-state index in [9.17, 15) is 9.59 Å². The number of nitrogens with one attached hydrogen (secondary N) is 2. The first kappa shape index (κ1) is 17.0. The molecule has 0 unspecified atom stereocenters. The van der Waals surface area contributed by atoms with Crippen LogP contribution < -0.4 is 10.6 Å². The molecule has 1 aromatic heterocycles. The molecular weight excluding hydrogens is 314 g/mol. The van der Waals surface area contributed by atoms with Crippen molar-refractivity contribution >= 4 is 29.1 Å². The molecule has 120 valence electrons. The quantitative estimate of drug-likeness (QED) is 0.881. The summed E-state index contributed by atoms with van der Waals surface area (Å²) in [6, 6.07) is 8.25. The van der Waals surface area contributed by atoms with Gasteiger partial charge in [-0.3, -0.25) is 14.6 Å². The van der Waals surface area contributed by atoms with Crippen LogP contribution in [0.2, 0.25) is 5.02 Å². The lowest BCUT2D eigenvalue weighted by Gasteiger charge is -2.09. The van der Waals surface area contributed by atoms with Crippen molar-refractivity contribution in [1.82, 2.24) is 10.3 Å². The number of nitrogens with zero attached hydrogens (tertiary/aromatic N) is 1. The molecule has 0 bridgehead atoms. The molecule has 2 N–H and O–H groups in total. The molecule has 0 fully saturated rings. The van der Waals surface area contributed by atoms with Crippen LogP contribution >= 0.6 is 11.6 Å². The standard InChI is InChI=1S/C17H18ClN3O2/c1-3-7-20-16(22)12-6-8-19-15(10-12)17(23)21-14-5-4-13(18)9-11(14)2/h4-6,8-10H,3,7H2,1-2H3,(H,20,22)(H,21,23). The number of carbonyl (C=O) groups is 2. The summed E-state index contributed by atoms with van der Waals surface area (Å²) < 4.78 is 0. The van der Waals surface area contributed by atoms with Crippen molar-refractivity contribution < 1.29 is 9.59 Å². The first-order valence-corrected chi connectivity index (χ1v) is 7.71. The Morgan fingerprint density at radius 1 is 1.17 bits per heavy atom. The van der Waals surface area contributed by atoms with Crippen molar-refractivity contribution in [3.05, 3.63) is 58.4 Å². The Balaban J connectivity index is 2.15. The second-order valence-corrected chi connectivity index (χ2v) is 5.54. The van der Waals surface area contributed by atoms with E-state index in [1.165, 1.54) is 12.3 Å². The normalized spacial score (nSPS) is 10.2. The molecule has 0 aliphatic heterocycles. The van der Waals surface area contributed by atoms with E-state index in [0.717, 1.165) is 12.0 Å². The molecule has 2 amide bonds. The van der Waals surface area contributed by atoms with Crippen molar-refractivity contribution in [2.75, 3.05) is 11.9 Å². The van der Waals surface area contributed by atoms with Crippen molar-refractivity contribution in [3.8, 4) is 0 Å². The van der Waals surface area contributed by atoms with Gasteiger partial charge >= 0.3 is 0 Å². The minimum absolute atomic E-state index is 0.184. The number of benzene rings is 1. The lowest BCUT2D eigenvalue weighted by Crippen LogP contribution is -2.24. The van der Waals surface area contributed by atoms with Crippen molar-refractivity contribution in [1.29, 1.82) is 0 Å². The van der Waals surface area contributed by atoms with Gasteiger partial charge in [-0.05, 0) is 49.2 Å². The molecule has 1 aromatic carbocycles. The maximum atomic E-state index is 12.3. The number of hydrogen-bond acceptors (Lipinski definition) is 3. The summed E-state index contributed by atoms with van der Waals surface area (Å²) in [6.07, 6.45) is 2.30. The predicted octanol–water partition coefficient (Wildman–Crippen LogP) is 3.44. The molecule has 2 rings (SSSR count). The molecule has 0 spiro atoms. The summed E-state index contributed by atoms with van der Waals surface area (Å²) in [5, 5.41) is 6.14. The van der Waals surface area contributed by atoms with Gasteiger partial charge in [0.15, 0.2) is 0 Å². The van der Waals surface area contributed by atoms with E-state index < -0.39 is 0 Å². The number of pyridine rings is 1. The van der Waals surface area contributed by atoms with Gasteiger partial charge in [-0.25, -0.2) is 0 Å². The molecule has 0 saturated heterocycles. The third kappa shape index (κ3) is 4.53. The Morgan fingerprint density at radius 3 is 2.65 bits per heavy atom. The zero-order chi connectivity index (χ0) is 16.8. The molecule has 0 aliphatic carbocycles. The van der Waals surface area contributed by atoms with Gasteiger partial charge in [0, 0.05) is 29.0 Å². The third-order valence-corrected chi connectivity index (χ3v) is 3.46. The Hall–Kier alpha value is -2.40. The zero-order valence-corrected chi connectivity index (χ0v) is 13.8. The maximum Gasteiger partial charge on any atom is 0.274 e. The third-order valence-electron chi connectivity index (χ3n) is 3.23. The summed E-state index contributed by atoms with van der Waals surface area (Å²) in [7, 11) is 0. The first-order valence-electron chi connectivity index (χ1n) is 7.33. The van der Waals surface area contributed by atoms with E-state index in [4.69, 9.17) is 11.6 Å². The maximum absolute atomic E-state index is 12.3. The molecule has 5 nitrogen and oxygen atoms in total. The largest absolute Gasteiger partial charge is 0.352 e. The number of rotatable bonds is 5. The van der Waals surface area contributed by atoms with Crippen molar-refractivity contribution in [2.45, 2.75) is 20.3 Å². The summed E-state index contributed by atoms with van der Waals surface area (Å²) >= 11 is 5.90. The molecule has 0 radical (unpaired) electrons. The Labute approximate surface area is 140 Å². The second kappa shape index (κ2) is 7.74. The van der Waals surface area contributed by atoms with Crippen LogP contribution in [-0.4, -0.2) is 23.3 Å². The van der Waals surface area contributed by atoms with E-state index in [1.54, 1.807) is 24.3 Å². The molecule has 2 aromatic rings. The second-order valence-electron chi connectivity index (χ2n) is 5.10. The van der Waals surface area contributed by atoms with Crippen LogP contribution in [0.15, 0.2) is 36.5 Å². The fourth-order valence-corrected chi connectivity index (χ4v) is 2.22. The van der Waals surface area contributed by atoms with E-state index in [2.05, 4.69) is 15.6 Å². The molecular formula is C17H18ClN3O2. The van der Waals surface area contributed by atoms with E-state index in [0.29, 0.717) is 22.8 Å². The van der Waals surface area contributed by atoms with Crippen molar-refractivity contribution in [2.24, 2.45) is 0 Å². The number of hydrogen-bond donors (Lipinski definition) is 2. The zero-order valence-electron chi connectivity index (χ0n) is 13.0. The SMILES string of the molecule is CCCNC(=O)c1ccnc(C(=O)Nc2ccc(Cl)cc2C)c1. The number of aryl methyl sites for hydroxylation is 1. The highest BCUT2D eigenvalue weighted by Crippen LogP contribution is 2.20. The predicted molar refractivity (Wildman–Crippen MR) is 91.0 cm³/mol. The number of anilines is 1. The van der Waals surface area contributed by atoms with Gasteiger partial charge in [0.25, 0.3) is 11.8 Å². The Kier molecular flexibility index (Phi) is 5.71. The van der Waals surface area contributed by atoms with E-state index in [1.807, 2.05) is 13.8 Å². The fourth-order valence-electron chi connectivity index (χ4n) is 1.99. The summed E-state index contributed by atoms with van der Waals surface area (Å²) in [6.45, 7) is 4.41. The molecule has 23 heavy (non-hydrogen) atoms. The van der Waals surface area contributed by atoms with Gasteiger partial charge in [-0.15, -0.1) is 0 Å². The van der Waals surface area contributed by atoms with E-state index in [-0.39, 0.29) is 17.5 Å². The van der Waals surface area contributed by atoms with Crippen LogP contribution in [0, 0.1) is 6.92 Å². The average Bonchev–Trinajstić information content (AvgIpc) is 2.55. The fraction of sp³-hybridized carbons (Fsp3) is 0.235. The van der Waals surface area contributed by atoms with Gasteiger partial charge in [0.1, 0.15) is 5.69 Å². The van der Waals surface area contributed by atoms with E-state index >= 15 is 0 Å². The summed E-state index contributed by atoms with van der Waals surface area (Å²) in [5.41, 5.74) is 2.10. The van der Waals surface area contributed by atoms with Gasteiger partial charge in [-0.1, -0.05) is 18.5 Å². The molecule has 1 heterocycles. The van der Waals surface area contributed by atoms with Gasteiger partial charge < -0.3 is 10.6 Å². The highest BCUT2D eigenvalue weighted by molar-refractivity contribution is 6.30. The van der Waals surface area contributed by atoms with Crippen LogP contribution in [0.25, 0.3) is 0 Å². The monoisotopic (exact) mass is 331 g/mol. The van der Waals surface area contributed by atoms with Crippen LogP contribution in [-0.2, 0) is 0 Å². The van der Waals surface area contributed by atoms with Crippen LogP contribution in [0.1, 0.15) is 39.8 Å². The summed E-state index contributed by atoms with van der Waals surface area (Å²) in [5.74, 6) is -0.591. The minimum Gasteiger partial charge on any atom is -0.352 e. The van der Waals surface area contributed by atoms with Gasteiger partial charge in [-0.2, -0.15) is 0 Å². The Bertz CT molecular complexity index is 732. The van der Waals surface area contributed by atoms with Crippen LogP contribution in [0.5, 0.6) is 0 Å². The lowest BCUT2D eigenvalue weighted by atomic mass is 10.1. The number of carbonyl (C=O) groups excluding carboxylic acids is 2. The number of aromatic nitrogens is 1. The van der Waals surface area contributed by atoms with Gasteiger partial charge in [0.2, 0.25) is 0 Å². The van der Waals surface area contributed by atoms with Gasteiger partial charge in [0.05, 0.1) is 0 Å². The van der Waals surface area contributed by atoms with Crippen molar-refractivity contribution in [3.63, 3.8) is 0 Å². The smallest absolute Gasteiger partial charge is 0.274 e. The van der Waals surface area contributed by atoms with Crippen LogP contribution in [0.4, 0.5) is 5.69 Å². The topological polar surface area (TPSA) is 71.1 Å². The van der Waals surface area contributed by atoms with Crippen LogP contribution in [0.3, 0.4) is 0 Å². The molecule has 6 heteroatoms.